The van der Waals surface area contributed by atoms with Crippen molar-refractivity contribution in [3.63, 3.8) is 0 Å². The molecule has 0 aliphatic heterocycles. The Hall–Kier alpha value is -4.18. The van der Waals surface area contributed by atoms with Crippen LogP contribution in [0.3, 0.4) is 0 Å². The van der Waals surface area contributed by atoms with Gasteiger partial charge in [-0.3, -0.25) is 4.57 Å². The molecule has 1 N–H and O–H groups in total. The monoisotopic (exact) mass is 404 g/mol. The third kappa shape index (κ3) is 2.76. The molecule has 150 valence electrons. The first-order valence-electron chi connectivity index (χ1n) is 10.1. The molecule has 4 heteroatoms. The molecule has 0 unspecified atom stereocenters. The molecule has 0 aliphatic carbocycles. The molecule has 0 atom stereocenters. The number of fused-ring (bicyclic) bond motifs is 1. The lowest BCUT2D eigenvalue weighted by Crippen LogP contribution is -2.37. The van der Waals surface area contributed by atoms with E-state index in [1.165, 1.54) is 0 Å². The molecule has 0 saturated heterocycles. The van der Waals surface area contributed by atoms with E-state index in [2.05, 4.69) is 5.18 Å². The van der Waals surface area contributed by atoms with Crippen LogP contribution in [0.4, 0.5) is 5.69 Å². The van der Waals surface area contributed by atoms with Gasteiger partial charge in [0, 0.05) is 5.39 Å². The highest BCUT2D eigenvalue weighted by molar-refractivity contribution is 5.96. The maximum atomic E-state index is 11.8. The first-order valence-corrected chi connectivity index (χ1v) is 10.1. The zero-order valence-corrected chi connectivity index (χ0v) is 16.7. The van der Waals surface area contributed by atoms with Crippen LogP contribution in [0, 0.1) is 4.91 Å². The lowest BCUT2D eigenvalue weighted by molar-refractivity contribution is 0.386. The SMILES string of the molecule is O=Nc1c(O)n(C(c2ccccc2)(c2ccccc2)c2ccccc2)c2ccccc12. The Morgan fingerprint density at radius 1 is 0.613 bits per heavy atom. The smallest absolute Gasteiger partial charge is 0.223 e. The van der Waals surface area contributed by atoms with Gasteiger partial charge in [-0.25, -0.2) is 0 Å². The third-order valence-corrected chi connectivity index (χ3v) is 5.83. The van der Waals surface area contributed by atoms with E-state index in [9.17, 15) is 10.0 Å². The molecule has 5 rings (SSSR count). The molecule has 4 aromatic carbocycles. The predicted octanol–water partition coefficient (Wildman–Crippen LogP) is 6.59. The Morgan fingerprint density at radius 2 is 1.03 bits per heavy atom. The molecule has 1 aromatic heterocycles. The molecule has 0 saturated carbocycles. The van der Waals surface area contributed by atoms with Crippen LogP contribution < -0.4 is 0 Å². The summed E-state index contributed by atoms with van der Waals surface area (Å²) in [6, 6.07) is 37.5. The molecule has 4 nitrogen and oxygen atoms in total. The number of aromatic nitrogens is 1. The lowest BCUT2D eigenvalue weighted by Gasteiger charge is -2.38. The average Bonchev–Trinajstić information content (AvgIpc) is 3.13. The minimum atomic E-state index is -0.920. The topological polar surface area (TPSA) is 54.6 Å². The van der Waals surface area contributed by atoms with Gasteiger partial charge >= 0.3 is 0 Å². The van der Waals surface area contributed by atoms with Crippen LogP contribution in [0.15, 0.2) is 120 Å². The number of nitrogens with zero attached hydrogens (tertiary/aromatic N) is 2. The molecule has 0 radical (unpaired) electrons. The number of aromatic hydroxyl groups is 1. The van der Waals surface area contributed by atoms with Crippen molar-refractivity contribution in [2.75, 3.05) is 0 Å². The fraction of sp³-hybridized carbons (Fsp3) is 0.0370. The van der Waals surface area contributed by atoms with Gasteiger partial charge in [-0.15, -0.1) is 4.91 Å². The molecule has 31 heavy (non-hydrogen) atoms. The van der Waals surface area contributed by atoms with Crippen molar-refractivity contribution in [3.8, 4) is 5.88 Å². The van der Waals surface area contributed by atoms with Crippen LogP contribution >= 0.6 is 0 Å². The van der Waals surface area contributed by atoms with E-state index in [0.717, 1.165) is 22.2 Å². The van der Waals surface area contributed by atoms with E-state index in [-0.39, 0.29) is 11.6 Å². The molecular weight excluding hydrogens is 384 g/mol. The van der Waals surface area contributed by atoms with E-state index in [1.807, 2.05) is 120 Å². The Balaban J connectivity index is 2.04. The van der Waals surface area contributed by atoms with Crippen molar-refractivity contribution in [3.05, 3.63) is 137 Å². The number of rotatable bonds is 5. The molecule has 0 bridgehead atoms. The van der Waals surface area contributed by atoms with Gasteiger partial charge in [0.15, 0.2) is 5.69 Å². The van der Waals surface area contributed by atoms with Gasteiger partial charge in [0.25, 0.3) is 0 Å². The van der Waals surface area contributed by atoms with Crippen LogP contribution in [0.2, 0.25) is 0 Å². The number of benzene rings is 4. The summed E-state index contributed by atoms with van der Waals surface area (Å²) in [5, 5.41) is 15.2. The van der Waals surface area contributed by atoms with Crippen molar-refractivity contribution < 1.29 is 5.11 Å². The van der Waals surface area contributed by atoms with E-state index in [4.69, 9.17) is 0 Å². The lowest BCUT2D eigenvalue weighted by atomic mass is 9.76. The van der Waals surface area contributed by atoms with E-state index in [1.54, 1.807) is 0 Å². The fourth-order valence-electron chi connectivity index (χ4n) is 4.56. The second-order valence-corrected chi connectivity index (χ2v) is 7.42. The normalized spacial score (nSPS) is 11.5. The molecule has 1 heterocycles. The Bertz CT molecular complexity index is 1250. The Labute approximate surface area is 180 Å². The third-order valence-electron chi connectivity index (χ3n) is 5.83. The summed E-state index contributed by atoms with van der Waals surface area (Å²) < 4.78 is 1.83. The van der Waals surface area contributed by atoms with E-state index in [0.29, 0.717) is 5.39 Å². The maximum Gasteiger partial charge on any atom is 0.223 e. The largest absolute Gasteiger partial charge is 0.493 e. The predicted molar refractivity (Wildman–Crippen MR) is 124 cm³/mol. The second-order valence-electron chi connectivity index (χ2n) is 7.42. The highest BCUT2D eigenvalue weighted by Gasteiger charge is 2.42. The van der Waals surface area contributed by atoms with Crippen LogP contribution in [0.1, 0.15) is 16.7 Å². The summed E-state index contributed by atoms with van der Waals surface area (Å²) in [5.74, 6) is -0.159. The summed E-state index contributed by atoms with van der Waals surface area (Å²) in [5.41, 5.74) is 2.73. The summed E-state index contributed by atoms with van der Waals surface area (Å²) in [4.78, 5) is 11.8. The maximum absolute atomic E-state index is 11.8. The number of hydrogen-bond donors (Lipinski definition) is 1. The highest BCUT2D eigenvalue weighted by Crippen LogP contribution is 2.49. The molecule has 0 aliphatic rings. The van der Waals surface area contributed by atoms with Crippen LogP contribution in [-0.4, -0.2) is 9.67 Å². The first kappa shape index (κ1) is 18.8. The molecule has 5 aromatic rings. The summed E-state index contributed by atoms with van der Waals surface area (Å²) in [7, 11) is 0. The van der Waals surface area contributed by atoms with Crippen molar-refractivity contribution in [1.29, 1.82) is 0 Å². The zero-order valence-electron chi connectivity index (χ0n) is 16.7. The summed E-state index contributed by atoms with van der Waals surface area (Å²) in [6.07, 6.45) is 0. The summed E-state index contributed by atoms with van der Waals surface area (Å²) in [6.45, 7) is 0. The van der Waals surface area contributed by atoms with Crippen LogP contribution in [0.25, 0.3) is 10.9 Å². The van der Waals surface area contributed by atoms with Gasteiger partial charge in [0.05, 0.1) is 5.52 Å². The zero-order chi connectivity index (χ0) is 21.3. The second kappa shape index (κ2) is 7.58. The number of nitroso groups, excluding NO2 is 1. The van der Waals surface area contributed by atoms with Gasteiger partial charge in [0.1, 0.15) is 5.54 Å². The van der Waals surface area contributed by atoms with Crippen LogP contribution in [-0.2, 0) is 5.54 Å². The fourth-order valence-corrected chi connectivity index (χ4v) is 4.56. The minimum absolute atomic E-state index is 0.0442. The Kier molecular flexibility index (Phi) is 4.60. The minimum Gasteiger partial charge on any atom is -0.493 e. The van der Waals surface area contributed by atoms with Crippen molar-refractivity contribution in [2.45, 2.75) is 5.54 Å². The van der Waals surface area contributed by atoms with Gasteiger partial charge in [-0.05, 0) is 27.9 Å². The van der Waals surface area contributed by atoms with Gasteiger partial charge in [-0.2, -0.15) is 0 Å². The average molecular weight is 404 g/mol. The quantitative estimate of drug-likeness (QED) is 0.265. The number of hydrogen-bond acceptors (Lipinski definition) is 3. The highest BCUT2D eigenvalue weighted by atomic mass is 16.3. The standard InChI is InChI=1S/C27H20N2O2/c30-26-25(28-31)23-18-10-11-19-24(23)29(26)27(20-12-4-1-5-13-20,21-14-6-2-7-15-21)22-16-8-3-9-17-22/h1-19,30H. The number of para-hydroxylation sites is 1. The van der Waals surface area contributed by atoms with Gasteiger partial charge in [0.2, 0.25) is 5.88 Å². The molecule has 0 amide bonds. The van der Waals surface area contributed by atoms with Crippen molar-refractivity contribution in [1.82, 2.24) is 4.57 Å². The van der Waals surface area contributed by atoms with Gasteiger partial charge < -0.3 is 5.11 Å². The van der Waals surface area contributed by atoms with E-state index < -0.39 is 5.54 Å². The molecular formula is C27H20N2O2. The van der Waals surface area contributed by atoms with Crippen molar-refractivity contribution in [2.24, 2.45) is 5.18 Å². The van der Waals surface area contributed by atoms with Gasteiger partial charge in [-0.1, -0.05) is 109 Å². The first-order chi connectivity index (χ1) is 15.3. The van der Waals surface area contributed by atoms with Crippen molar-refractivity contribution >= 4 is 16.6 Å². The van der Waals surface area contributed by atoms with E-state index >= 15 is 0 Å². The molecule has 0 spiro atoms. The Morgan fingerprint density at radius 3 is 1.48 bits per heavy atom. The molecule has 0 fully saturated rings. The van der Waals surface area contributed by atoms with Crippen LogP contribution in [0.5, 0.6) is 5.88 Å². The summed E-state index contributed by atoms with van der Waals surface area (Å²) >= 11 is 0.